The summed E-state index contributed by atoms with van der Waals surface area (Å²) in [6.07, 6.45) is 0. The van der Waals surface area contributed by atoms with E-state index >= 15 is 0 Å². The minimum Gasteiger partial charge on any atom is -0.389 e. The number of hydrogen-bond donors (Lipinski definition) is 1. The van der Waals surface area contributed by atoms with Gasteiger partial charge in [-0.1, -0.05) is 33.0 Å². The Bertz CT molecular complexity index is 461. The van der Waals surface area contributed by atoms with Gasteiger partial charge in [0.05, 0.1) is 0 Å². The summed E-state index contributed by atoms with van der Waals surface area (Å²) >= 11 is 4.68. The van der Waals surface area contributed by atoms with Crippen LogP contribution in [0.1, 0.15) is 31.9 Å². The maximum Gasteiger partial charge on any atom is 0.446 e. The number of thioether (sulfide) groups is 1. The molecule has 1 aromatic rings. The van der Waals surface area contributed by atoms with E-state index in [0.29, 0.717) is 5.56 Å². The van der Waals surface area contributed by atoms with Crippen molar-refractivity contribution in [2.24, 2.45) is 5.73 Å². The van der Waals surface area contributed by atoms with Crippen LogP contribution in [0.3, 0.4) is 0 Å². The monoisotopic (exact) mass is 293 g/mol. The summed E-state index contributed by atoms with van der Waals surface area (Å²) in [6, 6.07) is 4.64. The average Bonchev–Trinajstić information content (AvgIpc) is 2.12. The molecule has 0 aromatic heterocycles. The standard InChI is InChI=1S/C12H14F3NS2/c1-11(2,3)8-4-7(10(16)17)5-9(6-8)18-12(13,14)15/h4-6H,1-3H3,(H2,16,17). The predicted octanol–water partition coefficient (Wildman–Crippen LogP) is 4.23. The Morgan fingerprint density at radius 2 is 1.72 bits per heavy atom. The Balaban J connectivity index is 3.27. The third kappa shape index (κ3) is 4.49. The Labute approximate surface area is 114 Å². The molecule has 0 aliphatic carbocycles. The van der Waals surface area contributed by atoms with Crippen LogP contribution in [0.5, 0.6) is 0 Å². The van der Waals surface area contributed by atoms with Gasteiger partial charge in [-0.05, 0) is 40.9 Å². The van der Waals surface area contributed by atoms with Crippen molar-refractivity contribution < 1.29 is 13.2 Å². The summed E-state index contributed by atoms with van der Waals surface area (Å²) in [5.41, 5.74) is 2.16. The second-order valence-electron chi connectivity index (χ2n) is 4.91. The summed E-state index contributed by atoms with van der Waals surface area (Å²) in [7, 11) is 0. The van der Waals surface area contributed by atoms with Gasteiger partial charge in [0.1, 0.15) is 4.99 Å². The molecule has 18 heavy (non-hydrogen) atoms. The number of nitrogens with two attached hydrogens (primary N) is 1. The molecular formula is C12H14F3NS2. The highest BCUT2D eigenvalue weighted by molar-refractivity contribution is 8.00. The van der Waals surface area contributed by atoms with E-state index in [1.165, 1.54) is 12.1 Å². The zero-order valence-electron chi connectivity index (χ0n) is 10.3. The fourth-order valence-electron chi connectivity index (χ4n) is 1.37. The first-order chi connectivity index (χ1) is 7.99. The first-order valence-electron chi connectivity index (χ1n) is 5.20. The quantitative estimate of drug-likeness (QED) is 0.653. The second-order valence-corrected chi connectivity index (χ2v) is 6.49. The highest BCUT2D eigenvalue weighted by Gasteiger charge is 2.30. The number of hydrogen-bond acceptors (Lipinski definition) is 2. The van der Waals surface area contributed by atoms with Gasteiger partial charge in [-0.3, -0.25) is 0 Å². The lowest BCUT2D eigenvalue weighted by Crippen LogP contribution is -2.15. The minimum atomic E-state index is -4.32. The third-order valence-corrected chi connectivity index (χ3v) is 3.23. The van der Waals surface area contributed by atoms with E-state index in [2.05, 4.69) is 0 Å². The number of thiocarbonyl (C=S) groups is 1. The summed E-state index contributed by atoms with van der Waals surface area (Å²) in [4.78, 5) is 0.211. The lowest BCUT2D eigenvalue weighted by Gasteiger charge is -2.21. The minimum absolute atomic E-state index is 0.102. The van der Waals surface area contributed by atoms with Crippen LogP contribution < -0.4 is 5.73 Å². The maximum absolute atomic E-state index is 12.4. The lowest BCUT2D eigenvalue weighted by molar-refractivity contribution is -0.0328. The molecule has 1 aromatic carbocycles. The molecular weight excluding hydrogens is 279 g/mol. The van der Waals surface area contributed by atoms with E-state index in [1.54, 1.807) is 6.07 Å². The Hall–Kier alpha value is -0.750. The van der Waals surface area contributed by atoms with Gasteiger partial charge in [-0.25, -0.2) is 0 Å². The van der Waals surface area contributed by atoms with Crippen LogP contribution >= 0.6 is 24.0 Å². The summed E-state index contributed by atoms with van der Waals surface area (Å²) in [5, 5.41) is 0. The van der Waals surface area contributed by atoms with Crippen LogP contribution in [0, 0.1) is 0 Å². The van der Waals surface area contributed by atoms with Crippen molar-refractivity contribution in [2.45, 2.75) is 36.6 Å². The van der Waals surface area contributed by atoms with Crippen LogP contribution in [0.25, 0.3) is 0 Å². The number of benzene rings is 1. The lowest BCUT2D eigenvalue weighted by atomic mass is 9.86. The first kappa shape index (κ1) is 15.3. The van der Waals surface area contributed by atoms with Crippen molar-refractivity contribution >= 4 is 29.0 Å². The summed E-state index contributed by atoms with van der Waals surface area (Å²) in [6.45, 7) is 5.77. The van der Waals surface area contributed by atoms with Gasteiger partial charge in [0.15, 0.2) is 0 Å². The summed E-state index contributed by atoms with van der Waals surface area (Å²) < 4.78 is 37.2. The van der Waals surface area contributed by atoms with Crippen molar-refractivity contribution in [3.05, 3.63) is 29.3 Å². The molecule has 0 fully saturated rings. The van der Waals surface area contributed by atoms with Gasteiger partial charge < -0.3 is 5.73 Å². The van der Waals surface area contributed by atoms with Crippen LogP contribution in [0.2, 0.25) is 0 Å². The molecule has 1 nitrogen and oxygen atoms in total. The second kappa shape index (κ2) is 5.09. The van der Waals surface area contributed by atoms with E-state index in [9.17, 15) is 13.2 Å². The largest absolute Gasteiger partial charge is 0.446 e. The fourth-order valence-corrected chi connectivity index (χ4v) is 2.12. The predicted molar refractivity (Wildman–Crippen MR) is 72.9 cm³/mol. The van der Waals surface area contributed by atoms with Gasteiger partial charge in [-0.2, -0.15) is 13.2 Å². The Morgan fingerprint density at radius 3 is 2.11 bits per heavy atom. The molecule has 0 aliphatic rings. The molecule has 0 amide bonds. The number of rotatable bonds is 2. The maximum atomic E-state index is 12.4. The van der Waals surface area contributed by atoms with Crippen molar-refractivity contribution in [1.29, 1.82) is 0 Å². The van der Waals surface area contributed by atoms with Crippen molar-refractivity contribution in [3.63, 3.8) is 0 Å². The SMILES string of the molecule is CC(C)(C)c1cc(SC(F)(F)F)cc(C(N)=S)c1. The molecule has 0 saturated heterocycles. The fraction of sp³-hybridized carbons (Fsp3) is 0.417. The van der Waals surface area contributed by atoms with Crippen LogP contribution in [0.4, 0.5) is 13.2 Å². The van der Waals surface area contributed by atoms with E-state index in [-0.39, 0.29) is 27.1 Å². The zero-order chi connectivity index (χ0) is 14.1. The first-order valence-corrected chi connectivity index (χ1v) is 6.42. The molecule has 100 valence electrons. The Morgan fingerprint density at radius 1 is 1.17 bits per heavy atom. The third-order valence-electron chi connectivity index (χ3n) is 2.29. The summed E-state index contributed by atoms with van der Waals surface area (Å²) in [5.74, 6) is 0. The highest BCUT2D eigenvalue weighted by atomic mass is 32.2. The van der Waals surface area contributed by atoms with E-state index in [0.717, 1.165) is 5.56 Å². The van der Waals surface area contributed by atoms with E-state index in [1.807, 2.05) is 20.8 Å². The van der Waals surface area contributed by atoms with Gasteiger partial charge in [-0.15, -0.1) is 0 Å². The topological polar surface area (TPSA) is 26.0 Å². The van der Waals surface area contributed by atoms with Gasteiger partial charge in [0.25, 0.3) is 0 Å². The molecule has 0 radical (unpaired) electrons. The normalized spacial score (nSPS) is 12.6. The zero-order valence-corrected chi connectivity index (χ0v) is 11.9. The molecule has 0 bridgehead atoms. The van der Waals surface area contributed by atoms with E-state index in [4.69, 9.17) is 18.0 Å². The van der Waals surface area contributed by atoms with E-state index < -0.39 is 5.51 Å². The molecule has 0 saturated carbocycles. The van der Waals surface area contributed by atoms with Crippen LogP contribution in [-0.2, 0) is 5.41 Å². The molecule has 6 heteroatoms. The molecule has 0 spiro atoms. The van der Waals surface area contributed by atoms with Crippen molar-refractivity contribution in [1.82, 2.24) is 0 Å². The van der Waals surface area contributed by atoms with Gasteiger partial charge in [0.2, 0.25) is 0 Å². The number of halogens is 3. The average molecular weight is 293 g/mol. The van der Waals surface area contributed by atoms with Crippen molar-refractivity contribution in [2.75, 3.05) is 0 Å². The highest BCUT2D eigenvalue weighted by Crippen LogP contribution is 2.39. The van der Waals surface area contributed by atoms with Crippen LogP contribution in [-0.4, -0.2) is 10.5 Å². The molecule has 0 heterocycles. The Kier molecular flexibility index (Phi) is 4.33. The molecule has 1 rings (SSSR count). The van der Waals surface area contributed by atoms with Crippen molar-refractivity contribution in [3.8, 4) is 0 Å². The molecule has 2 N–H and O–H groups in total. The molecule has 0 aliphatic heterocycles. The van der Waals surface area contributed by atoms with Crippen LogP contribution in [0.15, 0.2) is 23.1 Å². The molecule has 0 unspecified atom stereocenters. The smallest absolute Gasteiger partial charge is 0.389 e. The van der Waals surface area contributed by atoms with Gasteiger partial charge in [0, 0.05) is 10.5 Å². The van der Waals surface area contributed by atoms with Gasteiger partial charge >= 0.3 is 5.51 Å². The number of alkyl halides is 3. The molecule has 0 atom stereocenters.